The first-order valence-corrected chi connectivity index (χ1v) is 5.23. The molecule has 3 heteroatoms. The van der Waals surface area contributed by atoms with Crippen molar-refractivity contribution in [1.29, 1.82) is 0 Å². The lowest BCUT2D eigenvalue weighted by Crippen LogP contribution is -2.34. The molecular weight excluding hydrogens is 188 g/mol. The molecule has 15 heavy (non-hydrogen) atoms. The summed E-state index contributed by atoms with van der Waals surface area (Å²) in [4.78, 5) is 13.2. The Morgan fingerprint density at radius 3 is 2.33 bits per heavy atom. The van der Waals surface area contributed by atoms with Crippen LogP contribution in [0.1, 0.15) is 28.4 Å². The van der Waals surface area contributed by atoms with E-state index in [0.29, 0.717) is 6.04 Å². The lowest BCUT2D eigenvalue weighted by atomic mass is 9.97. The molecule has 0 saturated carbocycles. The Kier molecular flexibility index (Phi) is 2.73. The average Bonchev–Trinajstić information content (AvgIpc) is 2.15. The van der Waals surface area contributed by atoms with Gasteiger partial charge in [-0.2, -0.15) is 0 Å². The molecule has 80 valence electrons. The lowest BCUT2D eigenvalue weighted by molar-refractivity contribution is 0.0827. The highest BCUT2D eigenvalue weighted by atomic mass is 16.2. The third kappa shape index (κ3) is 2.02. The van der Waals surface area contributed by atoms with E-state index in [2.05, 4.69) is 5.32 Å². The Hall–Kier alpha value is -1.35. The van der Waals surface area contributed by atoms with Crippen molar-refractivity contribution in [1.82, 2.24) is 10.2 Å². The lowest BCUT2D eigenvalue weighted by Gasteiger charge is -2.28. The summed E-state index contributed by atoms with van der Waals surface area (Å²) in [6, 6.07) is 8.37. The van der Waals surface area contributed by atoms with E-state index < -0.39 is 0 Å². The van der Waals surface area contributed by atoms with Crippen LogP contribution >= 0.6 is 0 Å². The third-order valence-electron chi connectivity index (χ3n) is 2.79. The highest BCUT2D eigenvalue weighted by Crippen LogP contribution is 2.22. The molecule has 1 amide bonds. The zero-order valence-electron chi connectivity index (χ0n) is 9.16. The second kappa shape index (κ2) is 4.03. The quantitative estimate of drug-likeness (QED) is 0.790. The van der Waals surface area contributed by atoms with E-state index in [0.717, 1.165) is 12.1 Å². The molecule has 0 bridgehead atoms. The smallest absolute Gasteiger partial charge is 0.253 e. The SMILES string of the molecule is CN(C)C(=O)c1ccc(C2CCN2)cc1. The number of carbonyl (C=O) groups is 1. The first-order valence-electron chi connectivity index (χ1n) is 5.23. The van der Waals surface area contributed by atoms with Gasteiger partial charge in [0.15, 0.2) is 0 Å². The van der Waals surface area contributed by atoms with Crippen LogP contribution in [-0.2, 0) is 0 Å². The van der Waals surface area contributed by atoms with Crippen LogP contribution in [0.15, 0.2) is 24.3 Å². The van der Waals surface area contributed by atoms with Crippen molar-refractivity contribution in [2.24, 2.45) is 0 Å². The van der Waals surface area contributed by atoms with Gasteiger partial charge in [0.25, 0.3) is 5.91 Å². The molecule has 2 rings (SSSR count). The molecular formula is C12H16N2O. The molecule has 1 aromatic rings. The molecule has 1 aliphatic rings. The van der Waals surface area contributed by atoms with E-state index in [1.807, 2.05) is 24.3 Å². The van der Waals surface area contributed by atoms with Crippen molar-refractivity contribution in [2.45, 2.75) is 12.5 Å². The maximum atomic E-state index is 11.6. The Labute approximate surface area is 90.1 Å². The van der Waals surface area contributed by atoms with E-state index in [9.17, 15) is 4.79 Å². The molecule has 1 heterocycles. The first-order chi connectivity index (χ1) is 7.18. The zero-order valence-corrected chi connectivity index (χ0v) is 9.16. The van der Waals surface area contributed by atoms with Gasteiger partial charge in [-0.25, -0.2) is 0 Å². The van der Waals surface area contributed by atoms with Gasteiger partial charge in [-0.3, -0.25) is 4.79 Å². The highest BCUT2D eigenvalue weighted by molar-refractivity contribution is 5.93. The summed E-state index contributed by atoms with van der Waals surface area (Å²) in [5.74, 6) is 0.0584. The molecule has 0 aromatic heterocycles. The molecule has 0 aliphatic carbocycles. The van der Waals surface area contributed by atoms with Gasteiger partial charge in [0, 0.05) is 25.7 Å². The van der Waals surface area contributed by atoms with Crippen molar-refractivity contribution in [3.05, 3.63) is 35.4 Å². The van der Waals surface area contributed by atoms with Crippen molar-refractivity contribution in [3.8, 4) is 0 Å². The fourth-order valence-electron chi connectivity index (χ4n) is 1.69. The molecule has 1 atom stereocenters. The molecule has 1 unspecified atom stereocenters. The Morgan fingerprint density at radius 2 is 1.93 bits per heavy atom. The zero-order chi connectivity index (χ0) is 10.8. The van der Waals surface area contributed by atoms with Crippen molar-refractivity contribution >= 4 is 5.91 Å². The van der Waals surface area contributed by atoms with Gasteiger partial charge in [0.2, 0.25) is 0 Å². The van der Waals surface area contributed by atoms with E-state index in [-0.39, 0.29) is 5.91 Å². The van der Waals surface area contributed by atoms with Crippen molar-refractivity contribution in [3.63, 3.8) is 0 Å². The van der Waals surface area contributed by atoms with E-state index in [4.69, 9.17) is 0 Å². The van der Waals surface area contributed by atoms with Crippen molar-refractivity contribution in [2.75, 3.05) is 20.6 Å². The summed E-state index contributed by atoms with van der Waals surface area (Å²) in [6.45, 7) is 1.10. The number of nitrogens with one attached hydrogen (secondary N) is 1. The van der Waals surface area contributed by atoms with Crippen LogP contribution < -0.4 is 5.32 Å². The molecule has 1 N–H and O–H groups in total. The van der Waals surface area contributed by atoms with Gasteiger partial charge >= 0.3 is 0 Å². The third-order valence-corrected chi connectivity index (χ3v) is 2.79. The summed E-state index contributed by atoms with van der Waals surface area (Å²) >= 11 is 0. The number of nitrogens with zero attached hydrogens (tertiary/aromatic N) is 1. The van der Waals surface area contributed by atoms with Crippen LogP contribution in [0.5, 0.6) is 0 Å². The van der Waals surface area contributed by atoms with Crippen LogP contribution in [-0.4, -0.2) is 31.4 Å². The maximum Gasteiger partial charge on any atom is 0.253 e. The van der Waals surface area contributed by atoms with E-state index in [1.165, 1.54) is 12.0 Å². The number of hydrogen-bond acceptors (Lipinski definition) is 2. The molecule has 1 fully saturated rings. The van der Waals surface area contributed by atoms with Crippen LogP contribution in [0, 0.1) is 0 Å². The number of benzene rings is 1. The average molecular weight is 204 g/mol. The van der Waals surface area contributed by atoms with Gasteiger partial charge in [0.1, 0.15) is 0 Å². The van der Waals surface area contributed by atoms with Crippen LogP contribution in [0.2, 0.25) is 0 Å². The van der Waals surface area contributed by atoms with Gasteiger partial charge in [-0.1, -0.05) is 12.1 Å². The minimum atomic E-state index is 0.0584. The van der Waals surface area contributed by atoms with Crippen LogP contribution in [0.3, 0.4) is 0 Å². The summed E-state index contributed by atoms with van der Waals surface area (Å²) < 4.78 is 0. The molecule has 0 spiro atoms. The van der Waals surface area contributed by atoms with Crippen molar-refractivity contribution < 1.29 is 4.79 Å². The predicted octanol–water partition coefficient (Wildman–Crippen LogP) is 1.42. The normalized spacial score (nSPS) is 19.5. The second-order valence-corrected chi connectivity index (χ2v) is 4.12. The van der Waals surface area contributed by atoms with E-state index >= 15 is 0 Å². The first kappa shape index (κ1) is 10.2. The topological polar surface area (TPSA) is 32.3 Å². The maximum absolute atomic E-state index is 11.6. The number of amides is 1. The van der Waals surface area contributed by atoms with Gasteiger partial charge in [-0.15, -0.1) is 0 Å². The predicted molar refractivity (Wildman–Crippen MR) is 59.8 cm³/mol. The number of hydrogen-bond donors (Lipinski definition) is 1. The number of carbonyl (C=O) groups excluding carboxylic acids is 1. The monoisotopic (exact) mass is 204 g/mol. The highest BCUT2D eigenvalue weighted by Gasteiger charge is 2.18. The van der Waals surface area contributed by atoms with Gasteiger partial charge < -0.3 is 10.2 Å². The second-order valence-electron chi connectivity index (χ2n) is 4.12. The molecule has 3 nitrogen and oxygen atoms in total. The fourth-order valence-corrected chi connectivity index (χ4v) is 1.69. The van der Waals surface area contributed by atoms with Gasteiger partial charge in [-0.05, 0) is 30.7 Å². The summed E-state index contributed by atoms with van der Waals surface area (Å²) in [5.41, 5.74) is 2.03. The summed E-state index contributed by atoms with van der Waals surface area (Å²) in [6.07, 6.45) is 1.20. The largest absolute Gasteiger partial charge is 0.345 e. The Balaban J connectivity index is 2.12. The summed E-state index contributed by atoms with van der Waals surface area (Å²) in [5, 5.41) is 3.34. The molecule has 1 aromatic carbocycles. The van der Waals surface area contributed by atoms with Gasteiger partial charge in [0.05, 0.1) is 0 Å². The standard InChI is InChI=1S/C12H16N2O/c1-14(2)12(15)10-5-3-9(4-6-10)11-7-8-13-11/h3-6,11,13H,7-8H2,1-2H3. The molecule has 1 saturated heterocycles. The van der Waals surface area contributed by atoms with Crippen LogP contribution in [0.25, 0.3) is 0 Å². The van der Waals surface area contributed by atoms with E-state index in [1.54, 1.807) is 19.0 Å². The molecule has 1 aliphatic heterocycles. The molecule has 0 radical (unpaired) electrons. The Morgan fingerprint density at radius 1 is 1.33 bits per heavy atom. The Bertz CT molecular complexity index is 352. The number of rotatable bonds is 2. The van der Waals surface area contributed by atoms with Crippen LogP contribution in [0.4, 0.5) is 0 Å². The fraction of sp³-hybridized carbons (Fsp3) is 0.417. The minimum Gasteiger partial charge on any atom is -0.345 e. The minimum absolute atomic E-state index is 0.0584. The summed E-state index contributed by atoms with van der Waals surface area (Å²) in [7, 11) is 3.54.